The summed E-state index contributed by atoms with van der Waals surface area (Å²) in [5.41, 5.74) is 2.68. The number of oxazole rings is 2. The van der Waals surface area contributed by atoms with Crippen LogP contribution in [-0.4, -0.2) is 22.2 Å². The van der Waals surface area contributed by atoms with Gasteiger partial charge in [0.1, 0.15) is 18.1 Å². The third-order valence-corrected chi connectivity index (χ3v) is 5.08. The molecule has 0 saturated carbocycles. The Morgan fingerprint density at radius 3 is 2.59 bits per heavy atom. The normalized spacial score (nSPS) is 10.9. The molecule has 2 aromatic carbocycles. The minimum Gasteiger partial charge on any atom is -0.493 e. The van der Waals surface area contributed by atoms with Crippen LogP contribution in [0.15, 0.2) is 62.2 Å². The molecule has 0 aliphatic rings. The van der Waals surface area contributed by atoms with Gasteiger partial charge in [-0.3, -0.25) is 4.98 Å². The molecule has 8 heteroatoms. The molecule has 0 saturated heterocycles. The van der Waals surface area contributed by atoms with Gasteiger partial charge in [0, 0.05) is 12.0 Å². The van der Waals surface area contributed by atoms with Crippen LogP contribution in [0.5, 0.6) is 17.4 Å². The Labute approximate surface area is 184 Å². The van der Waals surface area contributed by atoms with Crippen LogP contribution in [0.25, 0.3) is 11.5 Å². The van der Waals surface area contributed by atoms with Gasteiger partial charge in [-0.2, -0.15) is 0 Å². The second-order valence-electron chi connectivity index (χ2n) is 7.30. The van der Waals surface area contributed by atoms with Crippen LogP contribution in [0.1, 0.15) is 29.2 Å². The fraction of sp³-hybridized carbons (Fsp3) is 0.250. The first-order chi connectivity index (χ1) is 15.5. The van der Waals surface area contributed by atoms with Gasteiger partial charge in [0.25, 0.3) is 0 Å². The van der Waals surface area contributed by atoms with Crippen molar-refractivity contribution < 1.29 is 23.4 Å². The summed E-state index contributed by atoms with van der Waals surface area (Å²) in [6.07, 6.45) is 1.85. The number of aromatic hydroxyl groups is 1. The first-order valence-corrected chi connectivity index (χ1v) is 10.3. The van der Waals surface area contributed by atoms with E-state index < -0.39 is 5.76 Å². The molecule has 0 aliphatic carbocycles. The molecule has 32 heavy (non-hydrogen) atoms. The predicted molar refractivity (Wildman–Crippen MR) is 117 cm³/mol. The van der Waals surface area contributed by atoms with E-state index in [2.05, 4.69) is 9.97 Å². The highest BCUT2D eigenvalue weighted by molar-refractivity contribution is 5.53. The zero-order valence-corrected chi connectivity index (χ0v) is 17.9. The summed E-state index contributed by atoms with van der Waals surface area (Å²) in [6.45, 7) is 2.12. The molecule has 2 N–H and O–H groups in total. The first kappa shape index (κ1) is 21.3. The minimum absolute atomic E-state index is 0.213. The SMILES string of the molecule is COc1cc(CCCc2oc(=O)[nH]c2O)ccc1OCc1nc(-c2ccccc2)oc1C. The smallest absolute Gasteiger partial charge is 0.419 e. The Kier molecular flexibility index (Phi) is 6.30. The van der Waals surface area contributed by atoms with Crippen molar-refractivity contribution in [2.75, 3.05) is 7.11 Å². The van der Waals surface area contributed by atoms with Crippen molar-refractivity contribution >= 4 is 0 Å². The lowest BCUT2D eigenvalue weighted by Crippen LogP contribution is -2.00. The van der Waals surface area contributed by atoms with Gasteiger partial charge in [-0.25, -0.2) is 9.78 Å². The number of rotatable bonds is 9. The highest BCUT2D eigenvalue weighted by Gasteiger charge is 2.14. The molecule has 4 rings (SSSR count). The quantitative estimate of drug-likeness (QED) is 0.400. The molecule has 0 unspecified atom stereocenters. The molecule has 2 heterocycles. The van der Waals surface area contributed by atoms with Crippen molar-refractivity contribution in [2.45, 2.75) is 32.8 Å². The summed E-state index contributed by atoms with van der Waals surface area (Å²) in [4.78, 5) is 17.9. The van der Waals surface area contributed by atoms with Crippen LogP contribution in [-0.2, 0) is 19.4 Å². The summed E-state index contributed by atoms with van der Waals surface area (Å²) in [5, 5.41) is 9.59. The van der Waals surface area contributed by atoms with E-state index in [9.17, 15) is 9.90 Å². The topological polar surface area (TPSA) is 111 Å². The zero-order chi connectivity index (χ0) is 22.5. The van der Waals surface area contributed by atoms with Crippen molar-refractivity contribution in [3.8, 4) is 28.8 Å². The number of aromatic amines is 1. The van der Waals surface area contributed by atoms with Gasteiger partial charge in [0.2, 0.25) is 11.8 Å². The Morgan fingerprint density at radius 1 is 1.06 bits per heavy atom. The number of benzene rings is 2. The first-order valence-electron chi connectivity index (χ1n) is 10.3. The molecule has 0 radical (unpaired) electrons. The molecule has 0 atom stereocenters. The van der Waals surface area contributed by atoms with E-state index in [0.29, 0.717) is 42.4 Å². The van der Waals surface area contributed by atoms with Gasteiger partial charge in [0.05, 0.1) is 7.11 Å². The maximum atomic E-state index is 11.1. The molecule has 0 amide bonds. The lowest BCUT2D eigenvalue weighted by Gasteiger charge is -2.11. The Morgan fingerprint density at radius 2 is 1.88 bits per heavy atom. The lowest BCUT2D eigenvalue weighted by molar-refractivity contribution is 0.279. The standard InChI is InChI=1S/C24H24N2O6/c1-15-18(25-23(31-15)17-8-4-3-5-9-17)14-30-19-12-11-16(13-21(19)29-2)7-6-10-20-22(27)26-24(28)32-20/h3-5,8-9,11-13,27H,6-7,10,14H2,1-2H3,(H,26,28). The van der Waals surface area contributed by atoms with Crippen molar-refractivity contribution in [2.24, 2.45) is 0 Å². The van der Waals surface area contributed by atoms with Gasteiger partial charge in [-0.05, 0) is 49.6 Å². The van der Waals surface area contributed by atoms with Crippen molar-refractivity contribution in [3.63, 3.8) is 0 Å². The molecule has 2 aromatic heterocycles. The number of aromatic nitrogens is 2. The number of hydrogen-bond donors (Lipinski definition) is 2. The van der Waals surface area contributed by atoms with E-state index in [1.54, 1.807) is 7.11 Å². The molecular formula is C24H24N2O6. The highest BCUT2D eigenvalue weighted by atomic mass is 16.5. The Bertz CT molecular complexity index is 1240. The van der Waals surface area contributed by atoms with E-state index in [4.69, 9.17) is 18.3 Å². The number of nitrogens with zero attached hydrogens (tertiary/aromatic N) is 1. The number of aryl methyl sites for hydroxylation is 3. The molecule has 0 spiro atoms. The fourth-order valence-corrected chi connectivity index (χ4v) is 3.37. The average molecular weight is 436 g/mol. The highest BCUT2D eigenvalue weighted by Crippen LogP contribution is 2.30. The van der Waals surface area contributed by atoms with Crippen molar-refractivity contribution in [3.05, 3.63) is 81.9 Å². The van der Waals surface area contributed by atoms with Gasteiger partial charge in [-0.15, -0.1) is 0 Å². The average Bonchev–Trinajstić information content (AvgIpc) is 3.33. The summed E-state index contributed by atoms with van der Waals surface area (Å²) in [5.74, 6) is 1.89. The fourth-order valence-electron chi connectivity index (χ4n) is 3.37. The van der Waals surface area contributed by atoms with Crippen LogP contribution >= 0.6 is 0 Å². The largest absolute Gasteiger partial charge is 0.493 e. The van der Waals surface area contributed by atoms with Crippen LogP contribution in [0.3, 0.4) is 0 Å². The molecule has 0 aliphatic heterocycles. The van der Waals surface area contributed by atoms with E-state index in [-0.39, 0.29) is 18.2 Å². The Balaban J connectivity index is 1.38. The van der Waals surface area contributed by atoms with E-state index >= 15 is 0 Å². The summed E-state index contributed by atoms with van der Waals surface area (Å²) in [7, 11) is 1.59. The van der Waals surface area contributed by atoms with Crippen molar-refractivity contribution in [1.29, 1.82) is 0 Å². The van der Waals surface area contributed by atoms with Crippen LogP contribution in [0, 0.1) is 6.92 Å². The second-order valence-corrected chi connectivity index (χ2v) is 7.30. The molecule has 0 bridgehead atoms. The number of hydrogen-bond acceptors (Lipinski definition) is 7. The van der Waals surface area contributed by atoms with Gasteiger partial charge >= 0.3 is 5.76 Å². The molecule has 8 nitrogen and oxygen atoms in total. The summed E-state index contributed by atoms with van der Waals surface area (Å²) in [6, 6.07) is 15.4. The third kappa shape index (κ3) is 4.85. The van der Waals surface area contributed by atoms with Crippen LogP contribution < -0.4 is 15.2 Å². The minimum atomic E-state index is -0.654. The second kappa shape index (κ2) is 9.47. The lowest BCUT2D eigenvalue weighted by atomic mass is 10.1. The summed E-state index contributed by atoms with van der Waals surface area (Å²) < 4.78 is 22.1. The van der Waals surface area contributed by atoms with E-state index in [1.807, 2.05) is 55.5 Å². The third-order valence-electron chi connectivity index (χ3n) is 5.08. The predicted octanol–water partition coefficient (Wildman–Crippen LogP) is 4.40. The van der Waals surface area contributed by atoms with E-state index in [0.717, 1.165) is 16.8 Å². The number of ether oxygens (including phenoxy) is 2. The monoisotopic (exact) mass is 436 g/mol. The summed E-state index contributed by atoms with van der Waals surface area (Å²) >= 11 is 0. The van der Waals surface area contributed by atoms with Gasteiger partial charge in [-0.1, -0.05) is 24.3 Å². The maximum Gasteiger partial charge on any atom is 0.419 e. The number of H-pyrrole nitrogens is 1. The molecule has 4 aromatic rings. The van der Waals surface area contributed by atoms with Crippen LogP contribution in [0.2, 0.25) is 0 Å². The Hall–Kier alpha value is -3.94. The molecule has 166 valence electrons. The molecule has 0 fully saturated rings. The van der Waals surface area contributed by atoms with Crippen LogP contribution in [0.4, 0.5) is 0 Å². The van der Waals surface area contributed by atoms with Gasteiger partial charge in [0.15, 0.2) is 17.3 Å². The maximum absolute atomic E-state index is 11.1. The van der Waals surface area contributed by atoms with E-state index in [1.165, 1.54) is 0 Å². The van der Waals surface area contributed by atoms with Crippen molar-refractivity contribution in [1.82, 2.24) is 9.97 Å². The van der Waals surface area contributed by atoms with Gasteiger partial charge < -0.3 is 23.4 Å². The number of nitrogens with one attached hydrogen (secondary N) is 1. The number of methoxy groups -OCH3 is 1. The molecular weight excluding hydrogens is 412 g/mol. The zero-order valence-electron chi connectivity index (χ0n) is 17.9.